The normalized spacial score (nSPS) is 12.0. The van der Waals surface area contributed by atoms with Gasteiger partial charge in [0.15, 0.2) is 0 Å². The summed E-state index contributed by atoms with van der Waals surface area (Å²) in [7, 11) is 1.84. The number of aromatic nitrogens is 2. The fourth-order valence-electron chi connectivity index (χ4n) is 2.23. The molecule has 1 heterocycles. The zero-order valence-electron chi connectivity index (χ0n) is 10.9. The van der Waals surface area contributed by atoms with Gasteiger partial charge in [-0.05, 0) is 58.0 Å². The van der Waals surface area contributed by atoms with Crippen LogP contribution in [0.4, 0.5) is 13.2 Å². The Hall–Kier alpha value is -1.57. The van der Waals surface area contributed by atoms with Crippen molar-refractivity contribution in [2.45, 2.75) is 6.18 Å². The molecule has 0 N–H and O–H groups in total. The topological polar surface area (TPSA) is 17.8 Å². The second kappa shape index (κ2) is 5.01. The lowest BCUT2D eigenvalue weighted by molar-refractivity contribution is -0.137. The van der Waals surface area contributed by atoms with Crippen LogP contribution in [0, 0.1) is 3.57 Å². The molecule has 1 aromatic heterocycles. The summed E-state index contributed by atoms with van der Waals surface area (Å²) in [4.78, 5) is 0. The van der Waals surface area contributed by atoms with E-state index >= 15 is 0 Å². The highest BCUT2D eigenvalue weighted by molar-refractivity contribution is 14.1. The second-order valence-electron chi connectivity index (χ2n) is 4.77. The van der Waals surface area contributed by atoms with Gasteiger partial charge in [0.1, 0.15) is 5.52 Å². The predicted octanol–water partition coefficient (Wildman–Crippen LogP) is 4.86. The van der Waals surface area contributed by atoms with Crippen molar-refractivity contribution < 1.29 is 13.2 Å². The Bertz CT molecular complexity index is 804. The molecule has 2 aromatic carbocycles. The Morgan fingerprint density at radius 3 is 2.33 bits per heavy atom. The number of hydrogen-bond acceptors (Lipinski definition) is 1. The number of benzene rings is 2. The number of rotatable bonds is 1. The second-order valence-corrected chi connectivity index (χ2v) is 5.94. The van der Waals surface area contributed by atoms with E-state index in [-0.39, 0.29) is 0 Å². The maximum Gasteiger partial charge on any atom is 0.416 e. The molecule has 0 spiro atoms. The van der Waals surface area contributed by atoms with Gasteiger partial charge >= 0.3 is 6.18 Å². The summed E-state index contributed by atoms with van der Waals surface area (Å²) in [5.41, 5.74) is 1.90. The van der Waals surface area contributed by atoms with Crippen molar-refractivity contribution in [3.63, 3.8) is 0 Å². The van der Waals surface area contributed by atoms with Gasteiger partial charge in [-0.15, -0.1) is 0 Å². The number of aryl methyl sites for hydroxylation is 1. The van der Waals surface area contributed by atoms with E-state index in [0.717, 1.165) is 37.7 Å². The SMILES string of the molecule is Cn1cc2cc(-c3ccc(C(F)(F)F)cc3)cc(I)c2n1. The van der Waals surface area contributed by atoms with Gasteiger partial charge in [0, 0.05) is 22.2 Å². The molecule has 0 atom stereocenters. The molecule has 2 nitrogen and oxygen atoms in total. The van der Waals surface area contributed by atoms with E-state index in [9.17, 15) is 13.2 Å². The molecule has 0 aliphatic rings. The largest absolute Gasteiger partial charge is 0.416 e. The lowest BCUT2D eigenvalue weighted by atomic mass is 10.0. The zero-order valence-corrected chi connectivity index (χ0v) is 13.1. The fraction of sp³-hybridized carbons (Fsp3) is 0.133. The Kier molecular flexibility index (Phi) is 3.43. The third-order valence-corrected chi connectivity index (χ3v) is 4.04. The number of hydrogen-bond donors (Lipinski definition) is 0. The van der Waals surface area contributed by atoms with Crippen LogP contribution in [0.25, 0.3) is 22.0 Å². The maximum atomic E-state index is 12.6. The summed E-state index contributed by atoms with van der Waals surface area (Å²) in [5.74, 6) is 0. The third kappa shape index (κ3) is 2.76. The summed E-state index contributed by atoms with van der Waals surface area (Å²) < 4.78 is 40.5. The van der Waals surface area contributed by atoms with Crippen molar-refractivity contribution in [3.05, 3.63) is 51.7 Å². The third-order valence-electron chi connectivity index (χ3n) is 3.22. The fourth-order valence-corrected chi connectivity index (χ4v) is 2.99. The van der Waals surface area contributed by atoms with E-state index in [4.69, 9.17) is 0 Å². The van der Waals surface area contributed by atoms with Gasteiger partial charge in [-0.25, -0.2) is 0 Å². The molecule has 0 aliphatic carbocycles. The van der Waals surface area contributed by atoms with E-state index in [0.29, 0.717) is 0 Å². The Labute approximate surface area is 132 Å². The molecule has 0 fully saturated rings. The molecule has 108 valence electrons. The summed E-state index contributed by atoms with van der Waals surface area (Å²) >= 11 is 2.19. The molecule has 3 rings (SSSR count). The van der Waals surface area contributed by atoms with Crippen molar-refractivity contribution in [2.24, 2.45) is 7.05 Å². The Morgan fingerprint density at radius 2 is 1.71 bits per heavy atom. The minimum absolute atomic E-state index is 0.636. The maximum absolute atomic E-state index is 12.6. The number of nitrogens with zero attached hydrogens (tertiary/aromatic N) is 2. The molecule has 0 saturated heterocycles. The Balaban J connectivity index is 2.08. The first-order valence-corrected chi connectivity index (χ1v) is 7.23. The van der Waals surface area contributed by atoms with Crippen molar-refractivity contribution in [1.82, 2.24) is 9.78 Å². The molecular formula is C15H10F3IN2. The lowest BCUT2D eigenvalue weighted by Gasteiger charge is -2.08. The quantitative estimate of drug-likeness (QED) is 0.532. The number of fused-ring (bicyclic) bond motifs is 1. The average Bonchev–Trinajstić information content (AvgIpc) is 2.79. The van der Waals surface area contributed by atoms with Crippen molar-refractivity contribution in [3.8, 4) is 11.1 Å². The van der Waals surface area contributed by atoms with Crippen LogP contribution >= 0.6 is 22.6 Å². The van der Waals surface area contributed by atoms with Crippen LogP contribution in [0.3, 0.4) is 0 Å². The zero-order chi connectivity index (χ0) is 15.2. The molecule has 21 heavy (non-hydrogen) atoms. The monoisotopic (exact) mass is 402 g/mol. The molecule has 0 radical (unpaired) electrons. The summed E-state index contributed by atoms with van der Waals surface area (Å²) in [6, 6.07) is 9.07. The van der Waals surface area contributed by atoms with Crippen LogP contribution in [0.2, 0.25) is 0 Å². The molecule has 0 amide bonds. The van der Waals surface area contributed by atoms with E-state index in [1.165, 1.54) is 12.1 Å². The molecule has 6 heteroatoms. The van der Waals surface area contributed by atoms with Crippen molar-refractivity contribution >= 4 is 33.5 Å². The molecule has 3 aromatic rings. The standard InChI is InChI=1S/C15H10F3IN2/c1-21-8-11-6-10(7-13(19)14(11)20-21)9-2-4-12(5-3-9)15(16,17)18/h2-8H,1H3. The highest BCUT2D eigenvalue weighted by Crippen LogP contribution is 2.32. The van der Waals surface area contributed by atoms with Gasteiger partial charge in [-0.2, -0.15) is 18.3 Å². The highest BCUT2D eigenvalue weighted by atomic mass is 127. The smallest absolute Gasteiger partial charge is 0.275 e. The van der Waals surface area contributed by atoms with Gasteiger partial charge < -0.3 is 0 Å². The first-order valence-electron chi connectivity index (χ1n) is 6.15. The van der Waals surface area contributed by atoms with Crippen molar-refractivity contribution in [1.29, 1.82) is 0 Å². The lowest BCUT2D eigenvalue weighted by Crippen LogP contribution is -2.03. The van der Waals surface area contributed by atoms with Crippen LogP contribution in [0.5, 0.6) is 0 Å². The minimum Gasteiger partial charge on any atom is -0.275 e. The van der Waals surface area contributed by atoms with Crippen LogP contribution in [-0.2, 0) is 13.2 Å². The molecule has 0 saturated carbocycles. The van der Waals surface area contributed by atoms with Gasteiger partial charge in [0.05, 0.1) is 5.56 Å². The number of alkyl halides is 3. The van der Waals surface area contributed by atoms with Crippen molar-refractivity contribution in [2.75, 3.05) is 0 Å². The van der Waals surface area contributed by atoms with Crippen LogP contribution in [0.1, 0.15) is 5.56 Å². The van der Waals surface area contributed by atoms with Gasteiger partial charge in [-0.3, -0.25) is 4.68 Å². The van der Waals surface area contributed by atoms with Gasteiger partial charge in [-0.1, -0.05) is 12.1 Å². The molecule has 0 unspecified atom stereocenters. The van der Waals surface area contributed by atoms with Crippen LogP contribution < -0.4 is 0 Å². The summed E-state index contributed by atoms with van der Waals surface area (Å²) in [6.45, 7) is 0. The van der Waals surface area contributed by atoms with E-state index in [1.54, 1.807) is 4.68 Å². The predicted molar refractivity (Wildman–Crippen MR) is 83.9 cm³/mol. The molecular weight excluding hydrogens is 392 g/mol. The average molecular weight is 402 g/mol. The summed E-state index contributed by atoms with van der Waals surface area (Å²) in [6.07, 6.45) is -2.41. The minimum atomic E-state index is -4.31. The molecule has 0 bridgehead atoms. The van der Waals surface area contributed by atoms with E-state index in [1.807, 2.05) is 25.4 Å². The van der Waals surface area contributed by atoms with Crippen LogP contribution in [-0.4, -0.2) is 9.78 Å². The van der Waals surface area contributed by atoms with E-state index in [2.05, 4.69) is 27.7 Å². The summed E-state index contributed by atoms with van der Waals surface area (Å²) in [5, 5.41) is 5.33. The number of halogens is 4. The van der Waals surface area contributed by atoms with Gasteiger partial charge in [0.2, 0.25) is 0 Å². The Morgan fingerprint density at radius 1 is 1.05 bits per heavy atom. The van der Waals surface area contributed by atoms with E-state index < -0.39 is 11.7 Å². The first kappa shape index (κ1) is 14.4. The van der Waals surface area contributed by atoms with Crippen LogP contribution in [0.15, 0.2) is 42.6 Å². The first-order chi connectivity index (χ1) is 9.84. The van der Waals surface area contributed by atoms with Gasteiger partial charge in [0.25, 0.3) is 0 Å². The highest BCUT2D eigenvalue weighted by Gasteiger charge is 2.29. The molecule has 0 aliphatic heterocycles.